The molecule has 0 aromatic carbocycles. The second-order valence-electron chi connectivity index (χ2n) is 5.35. The summed E-state index contributed by atoms with van der Waals surface area (Å²) in [5.41, 5.74) is -0.204. The molecule has 0 saturated heterocycles. The summed E-state index contributed by atoms with van der Waals surface area (Å²) in [7, 11) is 1.87. The van der Waals surface area contributed by atoms with E-state index in [4.69, 9.17) is 5.26 Å². The summed E-state index contributed by atoms with van der Waals surface area (Å²) >= 11 is 0. The van der Waals surface area contributed by atoms with Crippen molar-refractivity contribution >= 4 is 5.82 Å². The monoisotopic (exact) mass is 249 g/mol. The first-order valence-electron chi connectivity index (χ1n) is 5.94. The van der Waals surface area contributed by atoms with Gasteiger partial charge in [0, 0.05) is 31.1 Å². The lowest BCUT2D eigenvalue weighted by atomic mass is 9.75. The minimum atomic E-state index is -2.44. The second-order valence-corrected chi connectivity index (χ2v) is 5.35. The van der Waals surface area contributed by atoms with Crippen LogP contribution >= 0.6 is 0 Å². The SMILES string of the molecule is CN(c1ccc(C#N)cn1)C1CC2(C1)CC2(F)F. The number of halogens is 2. The number of anilines is 1. The molecule has 3 rings (SSSR count). The van der Waals surface area contributed by atoms with Gasteiger partial charge in [0.05, 0.1) is 5.56 Å². The van der Waals surface area contributed by atoms with Gasteiger partial charge in [-0.25, -0.2) is 13.8 Å². The van der Waals surface area contributed by atoms with Crippen molar-refractivity contribution in [3.8, 4) is 6.07 Å². The maximum absolute atomic E-state index is 13.1. The average molecular weight is 249 g/mol. The van der Waals surface area contributed by atoms with E-state index in [2.05, 4.69) is 4.98 Å². The highest BCUT2D eigenvalue weighted by Gasteiger charge is 2.76. The number of pyridine rings is 1. The number of nitriles is 1. The zero-order chi connectivity index (χ0) is 13.0. The number of rotatable bonds is 2. The Labute approximate surface area is 104 Å². The van der Waals surface area contributed by atoms with Gasteiger partial charge in [-0.2, -0.15) is 5.26 Å². The van der Waals surface area contributed by atoms with E-state index in [0.717, 1.165) is 5.82 Å². The van der Waals surface area contributed by atoms with E-state index in [1.54, 1.807) is 12.1 Å². The zero-order valence-electron chi connectivity index (χ0n) is 10.0. The van der Waals surface area contributed by atoms with Crippen LogP contribution < -0.4 is 4.90 Å². The van der Waals surface area contributed by atoms with E-state index in [-0.39, 0.29) is 12.5 Å². The Kier molecular flexibility index (Phi) is 2.16. The predicted octanol–water partition coefficient (Wildman–Crippen LogP) is 2.58. The van der Waals surface area contributed by atoms with Gasteiger partial charge in [-0.15, -0.1) is 0 Å². The van der Waals surface area contributed by atoms with Crippen molar-refractivity contribution in [1.29, 1.82) is 5.26 Å². The topological polar surface area (TPSA) is 39.9 Å². The lowest BCUT2D eigenvalue weighted by Crippen LogP contribution is -2.46. The quantitative estimate of drug-likeness (QED) is 0.808. The number of hydrogen-bond acceptors (Lipinski definition) is 3. The Morgan fingerprint density at radius 3 is 2.56 bits per heavy atom. The van der Waals surface area contributed by atoms with Crippen LogP contribution in [0, 0.1) is 16.7 Å². The van der Waals surface area contributed by atoms with Gasteiger partial charge in [-0.3, -0.25) is 0 Å². The Hall–Kier alpha value is -1.70. The van der Waals surface area contributed by atoms with Crippen LogP contribution in [0.2, 0.25) is 0 Å². The van der Waals surface area contributed by atoms with Gasteiger partial charge in [0.25, 0.3) is 5.92 Å². The van der Waals surface area contributed by atoms with Gasteiger partial charge < -0.3 is 4.90 Å². The summed E-state index contributed by atoms with van der Waals surface area (Å²) in [6, 6.07) is 5.59. The minimum absolute atomic E-state index is 0.0468. The van der Waals surface area contributed by atoms with Crippen molar-refractivity contribution in [1.82, 2.24) is 4.98 Å². The van der Waals surface area contributed by atoms with Crippen molar-refractivity contribution in [3.63, 3.8) is 0 Å². The standard InChI is InChI=1S/C13H13F2N3/c1-18(11-3-2-9(6-16)7-17-11)10-4-12(5-10)8-13(12,14)15/h2-3,7,10H,4-5,8H2,1H3. The molecule has 0 aliphatic heterocycles. The third kappa shape index (κ3) is 1.48. The maximum Gasteiger partial charge on any atom is 0.254 e. The van der Waals surface area contributed by atoms with E-state index < -0.39 is 11.3 Å². The summed E-state index contributed by atoms with van der Waals surface area (Å²) in [6.45, 7) is 0. The van der Waals surface area contributed by atoms with Gasteiger partial charge >= 0.3 is 0 Å². The molecule has 3 nitrogen and oxygen atoms in total. The van der Waals surface area contributed by atoms with Crippen molar-refractivity contribution in [2.24, 2.45) is 5.41 Å². The highest BCUT2D eigenvalue weighted by Crippen LogP contribution is 2.71. The highest BCUT2D eigenvalue weighted by atomic mass is 19.3. The van der Waals surface area contributed by atoms with Crippen molar-refractivity contribution in [2.45, 2.75) is 31.2 Å². The van der Waals surface area contributed by atoms with Gasteiger partial charge in [0.15, 0.2) is 0 Å². The summed E-state index contributed by atoms with van der Waals surface area (Å²) in [5.74, 6) is -1.71. The molecular weight excluding hydrogens is 236 g/mol. The number of nitrogens with zero attached hydrogens (tertiary/aromatic N) is 3. The van der Waals surface area contributed by atoms with Crippen LogP contribution in [0.3, 0.4) is 0 Å². The Balaban J connectivity index is 1.66. The van der Waals surface area contributed by atoms with Crippen LogP contribution in [0.4, 0.5) is 14.6 Å². The minimum Gasteiger partial charge on any atom is -0.357 e. The first kappa shape index (κ1) is 11.4. The van der Waals surface area contributed by atoms with Crippen molar-refractivity contribution < 1.29 is 8.78 Å². The molecule has 1 spiro atoms. The zero-order valence-corrected chi connectivity index (χ0v) is 10.0. The molecule has 1 heterocycles. The smallest absolute Gasteiger partial charge is 0.254 e. The summed E-state index contributed by atoms with van der Waals surface area (Å²) in [4.78, 5) is 6.10. The fourth-order valence-corrected chi connectivity index (χ4v) is 2.79. The summed E-state index contributed by atoms with van der Waals surface area (Å²) < 4.78 is 26.2. The third-order valence-electron chi connectivity index (χ3n) is 4.25. The van der Waals surface area contributed by atoms with Crippen LogP contribution in [0.1, 0.15) is 24.8 Å². The number of hydrogen-bond donors (Lipinski definition) is 0. The molecule has 1 aromatic rings. The molecule has 18 heavy (non-hydrogen) atoms. The van der Waals surface area contributed by atoms with Gasteiger partial charge in [0.2, 0.25) is 0 Å². The lowest BCUT2D eigenvalue weighted by molar-refractivity contribution is 0.0205. The predicted molar refractivity (Wildman–Crippen MR) is 62.4 cm³/mol. The second kappa shape index (κ2) is 3.41. The fourth-order valence-electron chi connectivity index (χ4n) is 2.79. The van der Waals surface area contributed by atoms with Gasteiger partial charge in [-0.05, 0) is 25.0 Å². The first-order valence-corrected chi connectivity index (χ1v) is 5.94. The van der Waals surface area contributed by atoms with Gasteiger partial charge in [-0.1, -0.05) is 0 Å². The summed E-state index contributed by atoms with van der Waals surface area (Å²) in [5, 5.41) is 8.68. The maximum atomic E-state index is 13.1. The molecule has 0 amide bonds. The van der Waals surface area contributed by atoms with Gasteiger partial charge in [0.1, 0.15) is 11.9 Å². The van der Waals surface area contributed by atoms with Crippen LogP contribution in [-0.2, 0) is 0 Å². The molecule has 0 radical (unpaired) electrons. The highest BCUT2D eigenvalue weighted by molar-refractivity contribution is 5.43. The van der Waals surface area contributed by atoms with Crippen LogP contribution in [0.5, 0.6) is 0 Å². The lowest BCUT2D eigenvalue weighted by Gasteiger charge is -2.42. The number of alkyl halides is 2. The van der Waals surface area contributed by atoms with Crippen LogP contribution in [-0.4, -0.2) is 24.0 Å². The normalized spacial score (nSPS) is 31.6. The van der Waals surface area contributed by atoms with Crippen LogP contribution in [0.15, 0.2) is 18.3 Å². The van der Waals surface area contributed by atoms with E-state index in [9.17, 15) is 8.78 Å². The molecule has 5 heteroatoms. The molecule has 0 atom stereocenters. The molecule has 2 aliphatic carbocycles. The molecule has 94 valence electrons. The van der Waals surface area contributed by atoms with E-state index >= 15 is 0 Å². The van der Waals surface area contributed by atoms with Crippen LogP contribution in [0.25, 0.3) is 0 Å². The molecule has 0 bridgehead atoms. The molecular formula is C13H13F2N3. The molecule has 2 aliphatic rings. The van der Waals surface area contributed by atoms with E-state index in [1.807, 2.05) is 18.0 Å². The largest absolute Gasteiger partial charge is 0.357 e. The van der Waals surface area contributed by atoms with E-state index in [1.165, 1.54) is 6.20 Å². The average Bonchev–Trinajstić information content (AvgIpc) is 2.90. The Morgan fingerprint density at radius 2 is 2.11 bits per heavy atom. The Bertz CT molecular complexity index is 512. The first-order chi connectivity index (χ1) is 8.47. The number of aromatic nitrogens is 1. The van der Waals surface area contributed by atoms with E-state index in [0.29, 0.717) is 18.4 Å². The fraction of sp³-hybridized carbons (Fsp3) is 0.538. The third-order valence-corrected chi connectivity index (χ3v) is 4.25. The molecule has 2 fully saturated rings. The van der Waals surface area contributed by atoms with Crippen molar-refractivity contribution in [2.75, 3.05) is 11.9 Å². The molecule has 0 unspecified atom stereocenters. The molecule has 0 N–H and O–H groups in total. The Morgan fingerprint density at radius 1 is 1.44 bits per heavy atom. The molecule has 2 saturated carbocycles. The molecule has 1 aromatic heterocycles. The van der Waals surface area contributed by atoms with Crippen molar-refractivity contribution in [3.05, 3.63) is 23.9 Å². The summed E-state index contributed by atoms with van der Waals surface area (Å²) in [6.07, 6.45) is 2.63.